The van der Waals surface area contributed by atoms with E-state index in [0.29, 0.717) is 0 Å². The van der Waals surface area contributed by atoms with E-state index in [4.69, 9.17) is 0 Å². The van der Waals surface area contributed by atoms with Gasteiger partial charge in [-0.15, -0.1) is 0 Å². The van der Waals surface area contributed by atoms with Gasteiger partial charge in [0.25, 0.3) is 0 Å². The van der Waals surface area contributed by atoms with Gasteiger partial charge < -0.3 is 5.32 Å². The van der Waals surface area contributed by atoms with Crippen LogP contribution in [0.25, 0.3) is 0 Å². The van der Waals surface area contributed by atoms with Crippen molar-refractivity contribution in [2.24, 2.45) is 11.8 Å². The van der Waals surface area contributed by atoms with Gasteiger partial charge in [-0.25, -0.2) is 0 Å². The van der Waals surface area contributed by atoms with Crippen molar-refractivity contribution in [1.82, 2.24) is 5.32 Å². The average Bonchev–Trinajstić information content (AvgIpc) is 2.48. The van der Waals surface area contributed by atoms with Crippen molar-refractivity contribution in [1.29, 1.82) is 0 Å². The number of hydrogen-bond acceptors (Lipinski definition) is 1. The Bertz CT molecular complexity index is 205. The molecular formula is C12H21N. The molecule has 1 heterocycles. The standard InChI is InChI=1S/C12H21N/c1-9(2)7-10-8-13-12-6-4-3-5-11(10)12/h8-9,11-13H,3-7H2,1-2H3. The van der Waals surface area contributed by atoms with Crippen molar-refractivity contribution < 1.29 is 0 Å². The molecule has 74 valence electrons. The first-order chi connectivity index (χ1) is 6.27. The van der Waals surface area contributed by atoms with Gasteiger partial charge in [-0.05, 0) is 37.0 Å². The SMILES string of the molecule is CC(C)CC1=CNC2CCCCC12. The number of hydrogen-bond donors (Lipinski definition) is 1. The van der Waals surface area contributed by atoms with Crippen molar-refractivity contribution in [3.63, 3.8) is 0 Å². The number of rotatable bonds is 2. The molecule has 1 aliphatic carbocycles. The Morgan fingerprint density at radius 2 is 2.15 bits per heavy atom. The Morgan fingerprint density at radius 3 is 2.92 bits per heavy atom. The second kappa shape index (κ2) is 3.73. The summed E-state index contributed by atoms with van der Waals surface area (Å²) in [5.74, 6) is 1.70. The largest absolute Gasteiger partial charge is 0.388 e. The summed E-state index contributed by atoms with van der Waals surface area (Å²) < 4.78 is 0. The molecule has 1 saturated carbocycles. The molecule has 2 unspecified atom stereocenters. The fraction of sp³-hybridized carbons (Fsp3) is 0.833. The minimum absolute atomic E-state index is 0.794. The molecule has 13 heavy (non-hydrogen) atoms. The summed E-state index contributed by atoms with van der Waals surface area (Å²) in [5, 5.41) is 3.55. The van der Waals surface area contributed by atoms with Crippen LogP contribution in [0.1, 0.15) is 46.0 Å². The van der Waals surface area contributed by atoms with E-state index in [-0.39, 0.29) is 0 Å². The highest BCUT2D eigenvalue weighted by Gasteiger charge is 2.31. The fourth-order valence-corrected chi connectivity index (χ4v) is 2.78. The summed E-state index contributed by atoms with van der Waals surface area (Å²) >= 11 is 0. The minimum atomic E-state index is 0.794. The molecular weight excluding hydrogens is 158 g/mol. The van der Waals surface area contributed by atoms with Gasteiger partial charge in [0.1, 0.15) is 0 Å². The third kappa shape index (κ3) is 1.90. The Kier molecular flexibility index (Phi) is 2.61. The molecule has 0 aromatic rings. The van der Waals surface area contributed by atoms with Gasteiger partial charge in [0.05, 0.1) is 0 Å². The smallest absolute Gasteiger partial charge is 0.0321 e. The third-order valence-electron chi connectivity index (χ3n) is 3.37. The number of nitrogens with one attached hydrogen (secondary N) is 1. The van der Waals surface area contributed by atoms with Crippen LogP contribution in [0.15, 0.2) is 11.8 Å². The lowest BCUT2D eigenvalue weighted by atomic mass is 9.80. The molecule has 0 radical (unpaired) electrons. The van der Waals surface area contributed by atoms with Crippen LogP contribution in [-0.4, -0.2) is 6.04 Å². The summed E-state index contributed by atoms with van der Waals surface area (Å²) in [6.45, 7) is 4.63. The van der Waals surface area contributed by atoms with Gasteiger partial charge in [-0.1, -0.05) is 26.7 Å². The highest BCUT2D eigenvalue weighted by atomic mass is 14.9. The van der Waals surface area contributed by atoms with Crippen molar-refractivity contribution in [3.8, 4) is 0 Å². The third-order valence-corrected chi connectivity index (χ3v) is 3.37. The zero-order chi connectivity index (χ0) is 9.26. The van der Waals surface area contributed by atoms with E-state index >= 15 is 0 Å². The zero-order valence-corrected chi connectivity index (χ0v) is 8.84. The van der Waals surface area contributed by atoms with Gasteiger partial charge in [0.2, 0.25) is 0 Å². The van der Waals surface area contributed by atoms with Crippen LogP contribution in [-0.2, 0) is 0 Å². The lowest BCUT2D eigenvalue weighted by molar-refractivity contribution is 0.333. The van der Waals surface area contributed by atoms with Crippen molar-refractivity contribution in [2.45, 2.75) is 52.0 Å². The molecule has 0 aromatic carbocycles. The maximum Gasteiger partial charge on any atom is 0.0321 e. The first-order valence-corrected chi connectivity index (χ1v) is 5.72. The van der Waals surface area contributed by atoms with Crippen LogP contribution < -0.4 is 5.32 Å². The van der Waals surface area contributed by atoms with Gasteiger partial charge in [0.15, 0.2) is 0 Å². The van der Waals surface area contributed by atoms with Crippen LogP contribution in [0.2, 0.25) is 0 Å². The molecule has 1 heteroatoms. The van der Waals surface area contributed by atoms with E-state index in [1.807, 2.05) is 0 Å². The van der Waals surface area contributed by atoms with Gasteiger partial charge >= 0.3 is 0 Å². The summed E-state index contributed by atoms with van der Waals surface area (Å²) in [7, 11) is 0. The predicted molar refractivity (Wildman–Crippen MR) is 56.4 cm³/mol. The number of fused-ring (bicyclic) bond motifs is 1. The maximum atomic E-state index is 3.55. The van der Waals surface area contributed by atoms with E-state index in [1.54, 1.807) is 5.57 Å². The highest BCUT2D eigenvalue weighted by molar-refractivity contribution is 5.17. The summed E-state index contributed by atoms with van der Waals surface area (Å²) in [6, 6.07) is 0.794. The first-order valence-electron chi connectivity index (χ1n) is 5.72. The first kappa shape index (κ1) is 9.11. The van der Waals surface area contributed by atoms with Crippen LogP contribution in [0.3, 0.4) is 0 Å². The molecule has 1 nitrogen and oxygen atoms in total. The van der Waals surface area contributed by atoms with E-state index in [9.17, 15) is 0 Å². The highest BCUT2D eigenvalue weighted by Crippen LogP contribution is 2.36. The van der Waals surface area contributed by atoms with Gasteiger partial charge in [0, 0.05) is 12.0 Å². The molecule has 2 aliphatic rings. The lowest BCUT2D eigenvalue weighted by Gasteiger charge is -2.27. The quantitative estimate of drug-likeness (QED) is 0.687. The van der Waals surface area contributed by atoms with Gasteiger partial charge in [-0.2, -0.15) is 0 Å². The van der Waals surface area contributed by atoms with Crippen molar-refractivity contribution in [2.75, 3.05) is 0 Å². The predicted octanol–water partition coefficient (Wildman–Crippen LogP) is 3.08. The Morgan fingerprint density at radius 1 is 1.38 bits per heavy atom. The minimum Gasteiger partial charge on any atom is -0.388 e. The Labute approximate surface area is 81.6 Å². The van der Waals surface area contributed by atoms with Gasteiger partial charge in [-0.3, -0.25) is 0 Å². The molecule has 0 bridgehead atoms. The molecule has 0 amide bonds. The zero-order valence-electron chi connectivity index (χ0n) is 8.84. The molecule has 0 aromatic heterocycles. The molecule has 2 rings (SSSR count). The normalized spacial score (nSPS) is 32.7. The lowest BCUT2D eigenvalue weighted by Crippen LogP contribution is -2.30. The maximum absolute atomic E-state index is 3.55. The summed E-state index contributed by atoms with van der Waals surface area (Å²) in [5.41, 5.74) is 1.69. The molecule has 0 saturated heterocycles. The fourth-order valence-electron chi connectivity index (χ4n) is 2.78. The van der Waals surface area contributed by atoms with Crippen LogP contribution in [0, 0.1) is 11.8 Å². The van der Waals surface area contributed by atoms with Crippen molar-refractivity contribution in [3.05, 3.63) is 11.8 Å². The van der Waals surface area contributed by atoms with Crippen LogP contribution in [0.5, 0.6) is 0 Å². The Balaban J connectivity index is 1.97. The molecule has 1 aliphatic heterocycles. The second-order valence-corrected chi connectivity index (χ2v) is 4.98. The second-order valence-electron chi connectivity index (χ2n) is 4.98. The Hall–Kier alpha value is -0.460. The summed E-state index contributed by atoms with van der Waals surface area (Å²) in [4.78, 5) is 0. The monoisotopic (exact) mass is 179 g/mol. The van der Waals surface area contributed by atoms with E-state index in [2.05, 4.69) is 25.4 Å². The molecule has 1 N–H and O–H groups in total. The average molecular weight is 179 g/mol. The van der Waals surface area contributed by atoms with E-state index in [0.717, 1.165) is 17.9 Å². The van der Waals surface area contributed by atoms with Crippen molar-refractivity contribution >= 4 is 0 Å². The summed E-state index contributed by atoms with van der Waals surface area (Å²) in [6.07, 6.45) is 9.29. The molecule has 0 spiro atoms. The van der Waals surface area contributed by atoms with E-state index in [1.165, 1.54) is 32.1 Å². The van der Waals surface area contributed by atoms with E-state index < -0.39 is 0 Å². The molecule has 2 atom stereocenters. The van der Waals surface area contributed by atoms with Crippen LogP contribution >= 0.6 is 0 Å². The topological polar surface area (TPSA) is 12.0 Å². The molecule has 1 fully saturated rings. The van der Waals surface area contributed by atoms with Crippen LogP contribution in [0.4, 0.5) is 0 Å².